The molecule has 1 aliphatic carbocycles. The number of halogens is 1. The lowest BCUT2D eigenvalue weighted by Gasteiger charge is -2.38. The monoisotopic (exact) mass is 297 g/mol. The zero-order valence-electron chi connectivity index (χ0n) is 10.7. The predicted octanol–water partition coefficient (Wildman–Crippen LogP) is 4.44. The number of hydrogen-bond donors (Lipinski definition) is 0. The van der Waals surface area contributed by atoms with Crippen LogP contribution in [0, 0.1) is 11.3 Å². The van der Waals surface area contributed by atoms with Gasteiger partial charge < -0.3 is 4.74 Å². The van der Waals surface area contributed by atoms with Crippen LogP contribution >= 0.6 is 15.9 Å². The van der Waals surface area contributed by atoms with Crippen molar-refractivity contribution in [2.45, 2.75) is 46.1 Å². The molecular formula is C14H20BrNO. The van der Waals surface area contributed by atoms with E-state index in [4.69, 9.17) is 4.74 Å². The van der Waals surface area contributed by atoms with Gasteiger partial charge in [0.1, 0.15) is 6.10 Å². The molecule has 94 valence electrons. The van der Waals surface area contributed by atoms with E-state index in [0.29, 0.717) is 11.5 Å². The van der Waals surface area contributed by atoms with Crippen molar-refractivity contribution in [1.29, 1.82) is 0 Å². The van der Waals surface area contributed by atoms with Gasteiger partial charge in [0.25, 0.3) is 0 Å². The van der Waals surface area contributed by atoms with Crippen LogP contribution in [0.2, 0.25) is 0 Å². The van der Waals surface area contributed by atoms with Crippen molar-refractivity contribution in [3.05, 3.63) is 22.8 Å². The quantitative estimate of drug-likeness (QED) is 0.805. The highest BCUT2D eigenvalue weighted by Crippen LogP contribution is 2.39. The molecule has 0 N–H and O–H groups in total. The van der Waals surface area contributed by atoms with Crippen molar-refractivity contribution in [3.63, 3.8) is 0 Å². The highest BCUT2D eigenvalue weighted by atomic mass is 79.9. The van der Waals surface area contributed by atoms with Gasteiger partial charge in [-0.1, -0.05) is 20.8 Å². The second-order valence-corrected chi connectivity index (χ2v) is 6.88. The van der Waals surface area contributed by atoms with Crippen molar-refractivity contribution in [1.82, 2.24) is 4.98 Å². The summed E-state index contributed by atoms with van der Waals surface area (Å²) in [6.45, 7) is 6.97. The lowest BCUT2D eigenvalue weighted by molar-refractivity contribution is 0.0532. The predicted molar refractivity (Wildman–Crippen MR) is 73.1 cm³/mol. The summed E-state index contributed by atoms with van der Waals surface area (Å²) in [5.74, 6) is 1.47. The first-order chi connectivity index (χ1) is 7.94. The third kappa shape index (κ3) is 3.70. The highest BCUT2D eigenvalue weighted by Gasteiger charge is 2.33. The smallest absolute Gasteiger partial charge is 0.213 e. The van der Waals surface area contributed by atoms with E-state index in [1.54, 1.807) is 6.20 Å². The molecule has 0 aromatic carbocycles. The summed E-state index contributed by atoms with van der Waals surface area (Å²) in [5, 5.41) is 0. The lowest BCUT2D eigenvalue weighted by Crippen LogP contribution is -2.34. The summed E-state index contributed by atoms with van der Waals surface area (Å²) in [6.07, 6.45) is 5.64. The van der Waals surface area contributed by atoms with Gasteiger partial charge in [-0.05, 0) is 52.6 Å². The molecule has 2 unspecified atom stereocenters. The number of nitrogens with zero attached hydrogens (tertiary/aromatic N) is 1. The van der Waals surface area contributed by atoms with Crippen molar-refractivity contribution in [2.75, 3.05) is 0 Å². The fraction of sp³-hybridized carbons (Fsp3) is 0.643. The van der Waals surface area contributed by atoms with E-state index in [9.17, 15) is 0 Å². The summed E-state index contributed by atoms with van der Waals surface area (Å²) in [5.41, 5.74) is 0.387. The van der Waals surface area contributed by atoms with Crippen LogP contribution < -0.4 is 4.74 Å². The fourth-order valence-electron chi connectivity index (χ4n) is 2.95. The van der Waals surface area contributed by atoms with E-state index in [1.165, 1.54) is 6.42 Å². The number of ether oxygens (including phenoxy) is 1. The van der Waals surface area contributed by atoms with Gasteiger partial charge in [-0.3, -0.25) is 0 Å². The van der Waals surface area contributed by atoms with Crippen LogP contribution in [0.5, 0.6) is 5.88 Å². The third-order valence-corrected chi connectivity index (χ3v) is 3.80. The van der Waals surface area contributed by atoms with E-state index >= 15 is 0 Å². The minimum atomic E-state index is 0.308. The maximum Gasteiger partial charge on any atom is 0.213 e. The minimum absolute atomic E-state index is 0.308. The number of pyridine rings is 1. The maximum atomic E-state index is 5.98. The normalized spacial score (nSPS) is 27.8. The molecule has 0 aliphatic heterocycles. The Hall–Kier alpha value is -0.570. The van der Waals surface area contributed by atoms with E-state index in [0.717, 1.165) is 29.1 Å². The van der Waals surface area contributed by atoms with Gasteiger partial charge in [-0.2, -0.15) is 0 Å². The average molecular weight is 298 g/mol. The molecule has 0 bridgehead atoms. The topological polar surface area (TPSA) is 22.1 Å². The molecule has 1 heterocycles. The summed E-state index contributed by atoms with van der Waals surface area (Å²) in [4.78, 5) is 4.28. The molecule has 2 atom stereocenters. The van der Waals surface area contributed by atoms with E-state index in [1.807, 2.05) is 12.1 Å². The fourth-order valence-corrected chi connectivity index (χ4v) is 3.19. The standard InChI is InChI=1S/C14H20BrNO/c1-10-6-12(8-14(2,3)7-10)17-13-5-4-11(15)9-16-13/h4-5,9-10,12H,6-8H2,1-3H3. The van der Waals surface area contributed by atoms with Crippen LogP contribution in [0.15, 0.2) is 22.8 Å². The van der Waals surface area contributed by atoms with E-state index in [-0.39, 0.29) is 0 Å². The van der Waals surface area contributed by atoms with Gasteiger partial charge in [-0.25, -0.2) is 4.98 Å². The van der Waals surface area contributed by atoms with Crippen LogP contribution in [0.25, 0.3) is 0 Å². The molecule has 1 saturated carbocycles. The average Bonchev–Trinajstić information content (AvgIpc) is 2.18. The SMILES string of the molecule is CC1CC(Oc2ccc(Br)cn2)CC(C)(C)C1. The minimum Gasteiger partial charge on any atom is -0.474 e. The summed E-state index contributed by atoms with van der Waals surface area (Å²) >= 11 is 3.38. The lowest BCUT2D eigenvalue weighted by atomic mass is 9.71. The molecular weight excluding hydrogens is 278 g/mol. The molecule has 2 rings (SSSR count). The first-order valence-corrected chi connectivity index (χ1v) is 7.02. The Labute approximate surface area is 112 Å². The summed E-state index contributed by atoms with van der Waals surface area (Å²) in [6, 6.07) is 3.90. The Kier molecular flexibility index (Phi) is 3.76. The zero-order valence-corrected chi connectivity index (χ0v) is 12.3. The van der Waals surface area contributed by atoms with Crippen LogP contribution in [0.1, 0.15) is 40.0 Å². The van der Waals surface area contributed by atoms with Crippen LogP contribution in [0.3, 0.4) is 0 Å². The van der Waals surface area contributed by atoms with Crippen molar-refractivity contribution >= 4 is 15.9 Å². The molecule has 3 heteroatoms. The zero-order chi connectivity index (χ0) is 12.5. The Morgan fingerprint density at radius 2 is 2.12 bits per heavy atom. The maximum absolute atomic E-state index is 5.98. The highest BCUT2D eigenvalue weighted by molar-refractivity contribution is 9.10. The van der Waals surface area contributed by atoms with Gasteiger partial charge >= 0.3 is 0 Å². The third-order valence-electron chi connectivity index (χ3n) is 3.33. The molecule has 0 spiro atoms. The van der Waals surface area contributed by atoms with E-state index in [2.05, 4.69) is 41.7 Å². The Bertz CT molecular complexity index is 374. The van der Waals surface area contributed by atoms with Gasteiger partial charge in [0, 0.05) is 16.7 Å². The second-order valence-electron chi connectivity index (χ2n) is 5.97. The Balaban J connectivity index is 2.01. The second kappa shape index (κ2) is 4.97. The van der Waals surface area contributed by atoms with Crippen LogP contribution in [-0.2, 0) is 0 Å². The Morgan fingerprint density at radius 3 is 2.71 bits per heavy atom. The van der Waals surface area contributed by atoms with E-state index < -0.39 is 0 Å². The van der Waals surface area contributed by atoms with Crippen molar-refractivity contribution < 1.29 is 4.74 Å². The first-order valence-electron chi connectivity index (χ1n) is 6.23. The molecule has 0 amide bonds. The van der Waals surface area contributed by atoms with Crippen molar-refractivity contribution in [2.24, 2.45) is 11.3 Å². The van der Waals surface area contributed by atoms with Gasteiger partial charge in [-0.15, -0.1) is 0 Å². The molecule has 1 fully saturated rings. The molecule has 1 aliphatic rings. The summed E-state index contributed by atoms with van der Waals surface area (Å²) < 4.78 is 6.97. The number of hydrogen-bond acceptors (Lipinski definition) is 2. The summed E-state index contributed by atoms with van der Waals surface area (Å²) in [7, 11) is 0. The molecule has 2 nitrogen and oxygen atoms in total. The molecule has 0 radical (unpaired) electrons. The van der Waals surface area contributed by atoms with Crippen LogP contribution in [0.4, 0.5) is 0 Å². The Morgan fingerprint density at radius 1 is 1.35 bits per heavy atom. The van der Waals surface area contributed by atoms with Gasteiger partial charge in [0.05, 0.1) is 0 Å². The number of aromatic nitrogens is 1. The van der Waals surface area contributed by atoms with Gasteiger partial charge in [0.15, 0.2) is 0 Å². The first kappa shape index (κ1) is 12.9. The molecule has 1 aromatic heterocycles. The molecule has 1 aromatic rings. The molecule has 17 heavy (non-hydrogen) atoms. The number of rotatable bonds is 2. The van der Waals surface area contributed by atoms with Gasteiger partial charge in [0.2, 0.25) is 5.88 Å². The van der Waals surface area contributed by atoms with Crippen LogP contribution in [-0.4, -0.2) is 11.1 Å². The van der Waals surface area contributed by atoms with Crippen molar-refractivity contribution in [3.8, 4) is 5.88 Å². The molecule has 0 saturated heterocycles. The largest absolute Gasteiger partial charge is 0.474 e.